The van der Waals surface area contributed by atoms with Crippen LogP contribution >= 0.6 is 0 Å². The molecule has 4 heteroatoms. The van der Waals surface area contributed by atoms with Crippen LogP contribution in [-0.2, 0) is 14.3 Å². The molecule has 58 valence electrons. The van der Waals surface area contributed by atoms with Crippen molar-refractivity contribution in [2.45, 2.75) is 6.92 Å². The Hall–Kier alpha value is -0.120. The second-order valence-electron chi connectivity index (χ2n) is 1.42. The maximum absolute atomic E-state index is 10.3. The molecule has 0 aliphatic heterocycles. The molecule has 0 saturated carbocycles. The molecule has 0 aromatic rings. The van der Waals surface area contributed by atoms with Crippen LogP contribution in [0, 0.1) is 0 Å². The van der Waals surface area contributed by atoms with Crippen LogP contribution in [0.4, 0.5) is 0 Å². The van der Waals surface area contributed by atoms with Gasteiger partial charge in [-0.3, -0.25) is 4.79 Å². The summed E-state index contributed by atoms with van der Waals surface area (Å²) in [4.78, 5) is 19.9. The van der Waals surface area contributed by atoms with Crippen LogP contribution in [0.25, 0.3) is 0 Å². The number of carbonyl (C=O) groups excluding carboxylic acids is 2. The minimum absolute atomic E-state index is 0. The Labute approximate surface area is 95.1 Å². The fraction of sp³-hybridized carbons (Fsp3) is 0.143. The molecule has 0 aliphatic carbocycles. The van der Waals surface area contributed by atoms with E-state index in [4.69, 9.17) is 0 Å². The van der Waals surface area contributed by atoms with Crippen LogP contribution < -0.4 is 0 Å². The number of rotatable bonds is 3. The standard InChI is InChI=1S/C7H8O3.Ca.2H/c1-2-3-4-5-7(9)10-6-8;;;/h2-6H,1H3;;;/b3-2+,5-4+;;;. The molecule has 0 spiro atoms. The summed E-state index contributed by atoms with van der Waals surface area (Å²) in [6, 6.07) is 0. The van der Waals surface area contributed by atoms with Crippen LogP contribution in [0.15, 0.2) is 24.3 Å². The normalized spacial score (nSPS) is 9.55. The molecule has 0 amide bonds. The Morgan fingerprint density at radius 3 is 2.45 bits per heavy atom. The molecule has 0 fully saturated rings. The summed E-state index contributed by atoms with van der Waals surface area (Å²) in [5, 5.41) is 0. The number of hydrogen-bond donors (Lipinski definition) is 0. The third-order valence-electron chi connectivity index (χ3n) is 0.700. The molecule has 0 bridgehead atoms. The van der Waals surface area contributed by atoms with Crippen LogP contribution in [0.5, 0.6) is 0 Å². The van der Waals surface area contributed by atoms with Gasteiger partial charge in [-0.1, -0.05) is 18.2 Å². The Balaban J connectivity index is 0. The summed E-state index contributed by atoms with van der Waals surface area (Å²) in [6.07, 6.45) is 6.07. The SMILES string of the molecule is C/C=C/C=C/C(=O)OC=O.[CaH2]. The minimum atomic E-state index is -0.659. The van der Waals surface area contributed by atoms with Crippen molar-refractivity contribution < 1.29 is 14.3 Å². The third kappa shape index (κ3) is 9.88. The molecular weight excluding hydrogens is 172 g/mol. The molecule has 0 aromatic heterocycles. The molecule has 3 nitrogen and oxygen atoms in total. The first kappa shape index (κ1) is 13.5. The van der Waals surface area contributed by atoms with E-state index in [9.17, 15) is 9.59 Å². The summed E-state index contributed by atoms with van der Waals surface area (Å²) in [5.74, 6) is -0.659. The van der Waals surface area contributed by atoms with Gasteiger partial charge in [-0.05, 0) is 6.92 Å². The fourth-order valence-corrected chi connectivity index (χ4v) is 0.332. The predicted octanol–water partition coefficient (Wildman–Crippen LogP) is -0.0979. The first-order valence-electron chi connectivity index (χ1n) is 2.75. The molecule has 0 aliphatic rings. The quantitative estimate of drug-likeness (QED) is 0.153. The zero-order valence-corrected chi connectivity index (χ0v) is 5.61. The summed E-state index contributed by atoms with van der Waals surface area (Å²) < 4.78 is 3.95. The first-order valence-corrected chi connectivity index (χ1v) is 2.75. The zero-order valence-electron chi connectivity index (χ0n) is 5.61. The van der Waals surface area contributed by atoms with Gasteiger partial charge in [-0.2, -0.15) is 0 Å². The monoisotopic (exact) mass is 182 g/mol. The maximum atomic E-state index is 10.3. The summed E-state index contributed by atoms with van der Waals surface area (Å²) >= 11 is 0. The molecule has 0 atom stereocenters. The summed E-state index contributed by atoms with van der Waals surface area (Å²) in [5.41, 5.74) is 0. The Kier molecular flexibility index (Phi) is 12.1. The van der Waals surface area contributed by atoms with E-state index in [0.29, 0.717) is 0 Å². The van der Waals surface area contributed by atoms with E-state index in [1.54, 1.807) is 12.2 Å². The average molecular weight is 182 g/mol. The van der Waals surface area contributed by atoms with E-state index in [0.717, 1.165) is 6.08 Å². The fourth-order valence-electron chi connectivity index (χ4n) is 0.332. The van der Waals surface area contributed by atoms with E-state index in [2.05, 4.69) is 4.74 Å². The molecular formula is C7H10CaO3. The van der Waals surface area contributed by atoms with Gasteiger partial charge in [0.15, 0.2) is 0 Å². The zero-order chi connectivity index (χ0) is 7.82. The number of esters is 1. The Bertz CT molecular complexity index is 173. The second kappa shape index (κ2) is 9.88. The van der Waals surface area contributed by atoms with E-state index >= 15 is 0 Å². The van der Waals surface area contributed by atoms with Crippen LogP contribution in [-0.4, -0.2) is 50.2 Å². The molecule has 11 heavy (non-hydrogen) atoms. The molecule has 0 N–H and O–H groups in total. The van der Waals surface area contributed by atoms with Crippen molar-refractivity contribution in [2.75, 3.05) is 0 Å². The van der Waals surface area contributed by atoms with Gasteiger partial charge in [-0.15, -0.1) is 0 Å². The van der Waals surface area contributed by atoms with Gasteiger partial charge in [0.05, 0.1) is 0 Å². The van der Waals surface area contributed by atoms with Crippen molar-refractivity contribution in [2.24, 2.45) is 0 Å². The van der Waals surface area contributed by atoms with Gasteiger partial charge >= 0.3 is 50.2 Å². The van der Waals surface area contributed by atoms with Gasteiger partial charge in [0.1, 0.15) is 0 Å². The van der Waals surface area contributed by atoms with Crippen molar-refractivity contribution >= 4 is 50.2 Å². The van der Waals surface area contributed by atoms with Crippen molar-refractivity contribution in [1.29, 1.82) is 0 Å². The van der Waals surface area contributed by atoms with Crippen molar-refractivity contribution in [3.8, 4) is 0 Å². The van der Waals surface area contributed by atoms with Gasteiger partial charge < -0.3 is 4.74 Å². The van der Waals surface area contributed by atoms with Crippen LogP contribution in [0.2, 0.25) is 0 Å². The van der Waals surface area contributed by atoms with Crippen molar-refractivity contribution in [1.82, 2.24) is 0 Å². The molecule has 0 rings (SSSR count). The van der Waals surface area contributed by atoms with Crippen molar-refractivity contribution in [3.63, 3.8) is 0 Å². The Morgan fingerprint density at radius 2 is 2.00 bits per heavy atom. The molecule has 0 aromatic carbocycles. The number of hydrogen-bond acceptors (Lipinski definition) is 3. The molecule has 0 unspecified atom stereocenters. The molecule has 0 radical (unpaired) electrons. The van der Waals surface area contributed by atoms with E-state index in [1.165, 1.54) is 6.08 Å². The predicted molar refractivity (Wildman–Crippen MR) is 44.7 cm³/mol. The molecule has 0 saturated heterocycles. The van der Waals surface area contributed by atoms with Crippen molar-refractivity contribution in [3.05, 3.63) is 24.3 Å². The van der Waals surface area contributed by atoms with E-state index in [1.807, 2.05) is 6.92 Å². The summed E-state index contributed by atoms with van der Waals surface area (Å²) in [7, 11) is 0. The topological polar surface area (TPSA) is 43.4 Å². The Morgan fingerprint density at radius 1 is 1.36 bits per heavy atom. The second-order valence-corrected chi connectivity index (χ2v) is 1.42. The first-order chi connectivity index (χ1) is 4.81. The number of allylic oxidation sites excluding steroid dienone is 3. The van der Waals surface area contributed by atoms with Crippen LogP contribution in [0.3, 0.4) is 0 Å². The van der Waals surface area contributed by atoms with Gasteiger partial charge in [0.25, 0.3) is 0 Å². The van der Waals surface area contributed by atoms with Gasteiger partial charge in [0.2, 0.25) is 0 Å². The molecule has 0 heterocycles. The number of ether oxygens (including phenoxy) is 1. The average Bonchev–Trinajstić information content (AvgIpc) is 1.89. The third-order valence-corrected chi connectivity index (χ3v) is 0.700. The van der Waals surface area contributed by atoms with E-state index in [-0.39, 0.29) is 44.2 Å². The summed E-state index contributed by atoms with van der Waals surface area (Å²) in [6.45, 7) is 1.91. The van der Waals surface area contributed by atoms with Gasteiger partial charge in [0, 0.05) is 6.08 Å². The van der Waals surface area contributed by atoms with E-state index < -0.39 is 5.97 Å². The van der Waals surface area contributed by atoms with Crippen LogP contribution in [0.1, 0.15) is 6.92 Å². The number of carbonyl (C=O) groups is 2. The van der Waals surface area contributed by atoms with Gasteiger partial charge in [-0.25, -0.2) is 4.79 Å².